The second kappa shape index (κ2) is 10.1. The van der Waals surface area contributed by atoms with E-state index in [1.54, 1.807) is 18.2 Å². The summed E-state index contributed by atoms with van der Waals surface area (Å²) in [4.78, 5) is 24.3. The van der Waals surface area contributed by atoms with Gasteiger partial charge in [0.1, 0.15) is 0 Å². The van der Waals surface area contributed by atoms with Crippen LogP contribution < -0.4 is 10.6 Å². The van der Waals surface area contributed by atoms with Crippen molar-refractivity contribution in [3.63, 3.8) is 0 Å². The van der Waals surface area contributed by atoms with Crippen molar-refractivity contribution in [1.29, 1.82) is 0 Å². The molecule has 0 aliphatic rings. The molecule has 0 fully saturated rings. The normalized spacial score (nSPS) is 11.2. The van der Waals surface area contributed by atoms with Gasteiger partial charge in [-0.3, -0.25) is 4.79 Å². The number of aromatic carboxylic acids is 1. The summed E-state index contributed by atoms with van der Waals surface area (Å²) in [6.45, 7) is 9.56. The third-order valence-corrected chi connectivity index (χ3v) is 4.74. The highest BCUT2D eigenvalue weighted by Crippen LogP contribution is 2.25. The van der Waals surface area contributed by atoms with Crippen LogP contribution in [0.15, 0.2) is 42.5 Å². The molecular formula is C24H32N2O3. The number of carboxylic acids is 1. The Kier molecular flexibility index (Phi) is 7.82. The Labute approximate surface area is 173 Å². The Morgan fingerprint density at radius 1 is 1.00 bits per heavy atom. The van der Waals surface area contributed by atoms with E-state index in [-0.39, 0.29) is 16.9 Å². The fourth-order valence-electron chi connectivity index (χ4n) is 2.98. The lowest BCUT2D eigenvalue weighted by atomic mass is 9.88. The van der Waals surface area contributed by atoms with Gasteiger partial charge < -0.3 is 15.7 Å². The van der Waals surface area contributed by atoms with Crippen molar-refractivity contribution < 1.29 is 14.7 Å². The maximum Gasteiger partial charge on any atom is 0.337 e. The molecule has 0 atom stereocenters. The number of rotatable bonds is 9. The molecule has 0 aromatic heterocycles. The number of hydrogen-bond acceptors (Lipinski definition) is 3. The van der Waals surface area contributed by atoms with Crippen LogP contribution in [0.5, 0.6) is 0 Å². The third kappa shape index (κ3) is 6.93. The molecule has 29 heavy (non-hydrogen) atoms. The number of benzene rings is 2. The van der Waals surface area contributed by atoms with Crippen molar-refractivity contribution in [3.05, 3.63) is 59.2 Å². The Morgan fingerprint density at radius 2 is 1.72 bits per heavy atom. The average Bonchev–Trinajstić information content (AvgIpc) is 2.66. The maximum atomic E-state index is 12.9. The van der Waals surface area contributed by atoms with Gasteiger partial charge in [0.05, 0.1) is 16.8 Å². The summed E-state index contributed by atoms with van der Waals surface area (Å²) in [6.07, 6.45) is 4.06. The molecule has 1 amide bonds. The summed E-state index contributed by atoms with van der Waals surface area (Å²) in [5, 5.41) is 15.5. The van der Waals surface area contributed by atoms with Crippen LogP contribution in [0, 0.1) is 5.41 Å². The van der Waals surface area contributed by atoms with Crippen LogP contribution >= 0.6 is 0 Å². The smallest absolute Gasteiger partial charge is 0.337 e. The van der Waals surface area contributed by atoms with Gasteiger partial charge in [0.25, 0.3) is 5.91 Å². The van der Waals surface area contributed by atoms with E-state index in [0.717, 1.165) is 37.9 Å². The highest BCUT2D eigenvalue weighted by atomic mass is 16.4. The van der Waals surface area contributed by atoms with E-state index >= 15 is 0 Å². The van der Waals surface area contributed by atoms with E-state index in [4.69, 9.17) is 0 Å². The second-order valence-electron chi connectivity index (χ2n) is 8.53. The zero-order chi connectivity index (χ0) is 21.4. The van der Waals surface area contributed by atoms with E-state index in [9.17, 15) is 14.7 Å². The molecule has 2 rings (SSSR count). The second-order valence-corrected chi connectivity index (χ2v) is 8.53. The number of carboxylic acid groups (broad SMARTS) is 1. The van der Waals surface area contributed by atoms with Gasteiger partial charge in [-0.05, 0) is 54.5 Å². The molecule has 0 radical (unpaired) electrons. The number of aryl methyl sites for hydroxylation is 1. The van der Waals surface area contributed by atoms with Gasteiger partial charge in [-0.2, -0.15) is 0 Å². The SMILES string of the molecule is CCCCNc1cc(CCC(C)(C)C)ccc1C(=O)Nc1ccccc1C(=O)O. The highest BCUT2D eigenvalue weighted by molar-refractivity contribution is 6.10. The van der Waals surface area contributed by atoms with Gasteiger partial charge in [-0.15, -0.1) is 0 Å². The van der Waals surface area contributed by atoms with E-state index in [1.807, 2.05) is 18.2 Å². The van der Waals surface area contributed by atoms with Gasteiger partial charge in [-0.25, -0.2) is 4.79 Å². The molecule has 156 valence electrons. The number of para-hydroxylation sites is 1. The monoisotopic (exact) mass is 396 g/mol. The molecule has 3 N–H and O–H groups in total. The van der Waals surface area contributed by atoms with Gasteiger partial charge >= 0.3 is 5.97 Å². The minimum Gasteiger partial charge on any atom is -0.478 e. The number of carbonyl (C=O) groups excluding carboxylic acids is 1. The predicted octanol–water partition coefficient (Wildman–Crippen LogP) is 5.83. The van der Waals surface area contributed by atoms with Crippen molar-refractivity contribution >= 4 is 23.3 Å². The molecule has 2 aromatic carbocycles. The van der Waals surface area contributed by atoms with Gasteiger partial charge in [-0.1, -0.05) is 52.3 Å². The largest absolute Gasteiger partial charge is 0.478 e. The number of nitrogens with one attached hydrogen (secondary N) is 2. The number of carbonyl (C=O) groups is 2. The van der Waals surface area contributed by atoms with Gasteiger partial charge in [0.15, 0.2) is 0 Å². The number of amides is 1. The van der Waals surface area contributed by atoms with Gasteiger partial charge in [0.2, 0.25) is 0 Å². The Balaban J connectivity index is 2.27. The Bertz CT molecular complexity index is 853. The van der Waals surface area contributed by atoms with Crippen LogP contribution in [-0.2, 0) is 6.42 Å². The fraction of sp³-hybridized carbons (Fsp3) is 0.417. The molecule has 2 aromatic rings. The number of anilines is 2. The lowest BCUT2D eigenvalue weighted by Crippen LogP contribution is -2.17. The molecule has 0 saturated carbocycles. The minimum absolute atomic E-state index is 0.0724. The quantitative estimate of drug-likeness (QED) is 0.466. The van der Waals surface area contributed by atoms with Crippen LogP contribution in [0.2, 0.25) is 0 Å². The first-order valence-corrected chi connectivity index (χ1v) is 10.2. The first-order chi connectivity index (χ1) is 13.7. The van der Waals surface area contributed by atoms with Crippen molar-refractivity contribution in [2.45, 2.75) is 53.4 Å². The predicted molar refractivity (Wildman–Crippen MR) is 119 cm³/mol. The van der Waals surface area contributed by atoms with E-state index in [0.29, 0.717) is 11.3 Å². The van der Waals surface area contributed by atoms with Crippen molar-refractivity contribution in [3.8, 4) is 0 Å². The zero-order valence-electron chi connectivity index (χ0n) is 17.8. The molecular weight excluding hydrogens is 364 g/mol. The summed E-state index contributed by atoms with van der Waals surface area (Å²) < 4.78 is 0. The van der Waals surface area contributed by atoms with Crippen LogP contribution in [0.4, 0.5) is 11.4 Å². The van der Waals surface area contributed by atoms with Crippen molar-refractivity contribution in [2.24, 2.45) is 5.41 Å². The van der Waals surface area contributed by atoms with Crippen molar-refractivity contribution in [2.75, 3.05) is 17.2 Å². The van der Waals surface area contributed by atoms with Crippen LogP contribution in [0.25, 0.3) is 0 Å². The maximum absolute atomic E-state index is 12.9. The van der Waals surface area contributed by atoms with E-state index in [1.165, 1.54) is 11.6 Å². The summed E-state index contributed by atoms with van der Waals surface area (Å²) in [5.41, 5.74) is 3.09. The molecule has 0 aliphatic heterocycles. The molecule has 0 aliphatic carbocycles. The lowest BCUT2D eigenvalue weighted by molar-refractivity contribution is 0.0698. The fourth-order valence-corrected chi connectivity index (χ4v) is 2.98. The molecule has 0 saturated heterocycles. The number of hydrogen-bond donors (Lipinski definition) is 3. The van der Waals surface area contributed by atoms with E-state index < -0.39 is 5.97 Å². The summed E-state index contributed by atoms with van der Waals surface area (Å²) in [5.74, 6) is -1.39. The molecule has 0 heterocycles. The summed E-state index contributed by atoms with van der Waals surface area (Å²) in [7, 11) is 0. The third-order valence-electron chi connectivity index (χ3n) is 4.74. The minimum atomic E-state index is -1.07. The average molecular weight is 397 g/mol. The highest BCUT2D eigenvalue weighted by Gasteiger charge is 2.17. The summed E-state index contributed by atoms with van der Waals surface area (Å²) in [6, 6.07) is 12.3. The molecule has 0 bridgehead atoms. The standard InChI is InChI=1S/C24H32N2O3/c1-5-6-15-25-21-16-17(13-14-24(2,3)4)11-12-18(21)22(27)26-20-10-8-7-9-19(20)23(28)29/h7-12,16,25H,5-6,13-15H2,1-4H3,(H,26,27)(H,28,29). The Hall–Kier alpha value is -2.82. The number of unbranched alkanes of at least 4 members (excludes halogenated alkanes) is 1. The van der Waals surface area contributed by atoms with Gasteiger partial charge in [0, 0.05) is 12.2 Å². The summed E-state index contributed by atoms with van der Waals surface area (Å²) >= 11 is 0. The first kappa shape index (κ1) is 22.5. The van der Waals surface area contributed by atoms with Crippen molar-refractivity contribution in [1.82, 2.24) is 0 Å². The van der Waals surface area contributed by atoms with Crippen LogP contribution in [0.3, 0.4) is 0 Å². The zero-order valence-corrected chi connectivity index (χ0v) is 17.8. The van der Waals surface area contributed by atoms with E-state index in [2.05, 4.69) is 38.3 Å². The van der Waals surface area contributed by atoms with Crippen LogP contribution in [-0.4, -0.2) is 23.5 Å². The molecule has 0 spiro atoms. The lowest BCUT2D eigenvalue weighted by Gasteiger charge is -2.19. The topological polar surface area (TPSA) is 78.4 Å². The molecule has 0 unspecified atom stereocenters. The Morgan fingerprint density at radius 3 is 2.38 bits per heavy atom. The molecule has 5 heteroatoms. The molecule has 5 nitrogen and oxygen atoms in total. The van der Waals surface area contributed by atoms with Crippen LogP contribution in [0.1, 0.15) is 73.2 Å². The first-order valence-electron chi connectivity index (χ1n) is 10.2.